The van der Waals surface area contributed by atoms with Crippen LogP contribution >= 0.6 is 11.6 Å². The fourth-order valence-corrected chi connectivity index (χ4v) is 3.11. The minimum atomic E-state index is -0.138. The summed E-state index contributed by atoms with van der Waals surface area (Å²) < 4.78 is 5.47. The number of carbonyl (C=O) groups excluding carboxylic acids is 1. The Morgan fingerprint density at radius 3 is 2.60 bits per heavy atom. The molecule has 3 rings (SSSR count). The highest BCUT2D eigenvalue weighted by molar-refractivity contribution is 6.30. The van der Waals surface area contributed by atoms with Crippen molar-refractivity contribution in [3.8, 4) is 0 Å². The van der Waals surface area contributed by atoms with E-state index in [-0.39, 0.29) is 11.9 Å². The van der Waals surface area contributed by atoms with Crippen molar-refractivity contribution in [2.75, 3.05) is 19.6 Å². The van der Waals surface area contributed by atoms with Gasteiger partial charge < -0.3 is 4.42 Å². The van der Waals surface area contributed by atoms with E-state index >= 15 is 0 Å². The first kappa shape index (κ1) is 17.7. The summed E-state index contributed by atoms with van der Waals surface area (Å²) in [6, 6.07) is 11.1. The van der Waals surface area contributed by atoms with Crippen molar-refractivity contribution in [1.82, 2.24) is 9.91 Å². The molecule has 0 saturated heterocycles. The van der Waals surface area contributed by atoms with Crippen LogP contribution in [0.15, 0.2) is 52.2 Å². The quantitative estimate of drug-likeness (QED) is 0.784. The van der Waals surface area contributed by atoms with Crippen molar-refractivity contribution in [1.29, 1.82) is 0 Å². The van der Waals surface area contributed by atoms with Crippen LogP contribution in [0.3, 0.4) is 0 Å². The predicted octanol–water partition coefficient (Wildman–Crippen LogP) is 3.95. The fourth-order valence-electron chi connectivity index (χ4n) is 2.99. The topological polar surface area (TPSA) is 49.1 Å². The summed E-state index contributed by atoms with van der Waals surface area (Å²) in [7, 11) is 0. The predicted molar refractivity (Wildman–Crippen MR) is 98.7 cm³/mol. The smallest absolute Gasteiger partial charge is 0.257 e. The first-order valence-electron chi connectivity index (χ1n) is 8.53. The van der Waals surface area contributed by atoms with E-state index < -0.39 is 0 Å². The first-order chi connectivity index (χ1) is 12.1. The Labute approximate surface area is 152 Å². The molecule has 0 N–H and O–H groups in total. The second-order valence-electron chi connectivity index (χ2n) is 6.00. The van der Waals surface area contributed by atoms with Crippen molar-refractivity contribution >= 4 is 23.2 Å². The minimum Gasteiger partial charge on any atom is -0.463 e. The molecule has 1 unspecified atom stereocenters. The third-order valence-electron chi connectivity index (χ3n) is 4.48. The molecule has 0 saturated carbocycles. The number of carbonyl (C=O) groups is 1. The molecule has 2 heterocycles. The average Bonchev–Trinajstić information content (AvgIpc) is 3.29. The molecule has 1 atom stereocenters. The normalized spacial score (nSPS) is 17.2. The van der Waals surface area contributed by atoms with Gasteiger partial charge in [-0.25, -0.2) is 5.01 Å². The molecule has 2 aromatic rings. The van der Waals surface area contributed by atoms with Gasteiger partial charge in [0.25, 0.3) is 5.91 Å². The van der Waals surface area contributed by atoms with E-state index in [2.05, 4.69) is 23.8 Å². The molecule has 1 amide bonds. The number of furan rings is 1. The van der Waals surface area contributed by atoms with Crippen molar-refractivity contribution in [2.24, 2.45) is 5.10 Å². The van der Waals surface area contributed by atoms with Gasteiger partial charge in [-0.15, -0.1) is 0 Å². The summed E-state index contributed by atoms with van der Waals surface area (Å²) in [5.74, 6) is 0.697. The van der Waals surface area contributed by atoms with Crippen LogP contribution < -0.4 is 0 Å². The molecule has 1 aromatic heterocycles. The maximum absolute atomic E-state index is 12.9. The number of hydrogen-bond acceptors (Lipinski definition) is 4. The molecular weight excluding hydrogens is 338 g/mol. The first-order valence-corrected chi connectivity index (χ1v) is 8.91. The fraction of sp³-hybridized carbons (Fsp3) is 0.368. The van der Waals surface area contributed by atoms with Crippen LogP contribution in [0.5, 0.6) is 0 Å². The van der Waals surface area contributed by atoms with Gasteiger partial charge in [-0.2, -0.15) is 5.10 Å². The van der Waals surface area contributed by atoms with Crippen LogP contribution in [0.1, 0.15) is 37.6 Å². The molecule has 0 fully saturated rings. The monoisotopic (exact) mass is 359 g/mol. The van der Waals surface area contributed by atoms with Gasteiger partial charge in [0.05, 0.1) is 18.8 Å². The van der Waals surface area contributed by atoms with Crippen molar-refractivity contribution < 1.29 is 9.21 Å². The maximum atomic E-state index is 12.9. The van der Waals surface area contributed by atoms with Crippen LogP contribution in [0, 0.1) is 0 Å². The lowest BCUT2D eigenvalue weighted by Gasteiger charge is -2.25. The van der Waals surface area contributed by atoms with Crippen molar-refractivity contribution in [3.05, 3.63) is 59.0 Å². The van der Waals surface area contributed by atoms with Gasteiger partial charge in [-0.05, 0) is 42.9 Å². The molecule has 5 nitrogen and oxygen atoms in total. The Kier molecular flexibility index (Phi) is 5.56. The van der Waals surface area contributed by atoms with E-state index in [4.69, 9.17) is 16.0 Å². The summed E-state index contributed by atoms with van der Waals surface area (Å²) in [5.41, 5.74) is 1.81. The largest absolute Gasteiger partial charge is 0.463 e. The zero-order chi connectivity index (χ0) is 17.8. The number of rotatable bonds is 6. The minimum absolute atomic E-state index is 0.00907. The molecular formula is C19H22ClN3O2. The second-order valence-corrected chi connectivity index (χ2v) is 6.43. The van der Waals surface area contributed by atoms with Gasteiger partial charge >= 0.3 is 0 Å². The summed E-state index contributed by atoms with van der Waals surface area (Å²) in [6.07, 6.45) is 2.24. The van der Waals surface area contributed by atoms with E-state index in [1.807, 2.05) is 36.4 Å². The number of nitrogens with zero attached hydrogens (tertiary/aromatic N) is 3. The van der Waals surface area contributed by atoms with Crippen LogP contribution in [-0.2, 0) is 4.79 Å². The van der Waals surface area contributed by atoms with Crippen LogP contribution in [-0.4, -0.2) is 41.2 Å². The molecule has 0 aliphatic carbocycles. The highest BCUT2D eigenvalue weighted by atomic mass is 35.5. The third-order valence-corrected chi connectivity index (χ3v) is 4.73. The number of likely N-dealkylation sites (N-methyl/N-ethyl adjacent to an activating group) is 1. The van der Waals surface area contributed by atoms with Crippen LogP contribution in [0.4, 0.5) is 0 Å². The Bertz CT molecular complexity index is 737. The molecule has 1 aliphatic rings. The van der Waals surface area contributed by atoms with Gasteiger partial charge in [0.1, 0.15) is 11.5 Å². The number of amides is 1. The third kappa shape index (κ3) is 3.94. The number of hydrogen-bond donors (Lipinski definition) is 0. The number of hydrazone groups is 1. The number of halogens is 1. The van der Waals surface area contributed by atoms with Gasteiger partial charge in [0, 0.05) is 11.4 Å². The standard InChI is InChI=1S/C19H22ClN3O2/c1-3-22(4-2)13-19(24)23-17(14-7-9-15(20)10-8-14)12-16(21-23)18-6-5-11-25-18/h5-11,17H,3-4,12-13H2,1-2H3. The SMILES string of the molecule is CCN(CC)CC(=O)N1N=C(c2ccco2)CC1c1ccc(Cl)cc1. The Hall–Kier alpha value is -2.11. The zero-order valence-electron chi connectivity index (χ0n) is 14.5. The van der Waals surface area contributed by atoms with Crippen LogP contribution in [0.2, 0.25) is 5.02 Å². The molecule has 0 radical (unpaired) electrons. The van der Waals surface area contributed by atoms with E-state index in [9.17, 15) is 4.79 Å². The maximum Gasteiger partial charge on any atom is 0.257 e. The number of benzene rings is 1. The highest BCUT2D eigenvalue weighted by Gasteiger charge is 2.34. The molecule has 6 heteroatoms. The zero-order valence-corrected chi connectivity index (χ0v) is 15.2. The van der Waals surface area contributed by atoms with Gasteiger partial charge in [-0.1, -0.05) is 37.6 Å². The lowest BCUT2D eigenvalue weighted by molar-refractivity contribution is -0.134. The lowest BCUT2D eigenvalue weighted by Crippen LogP contribution is -2.38. The van der Waals surface area contributed by atoms with E-state index in [1.165, 1.54) is 0 Å². The van der Waals surface area contributed by atoms with Gasteiger partial charge in [0.2, 0.25) is 0 Å². The Morgan fingerprint density at radius 2 is 2.00 bits per heavy atom. The second kappa shape index (κ2) is 7.85. The summed E-state index contributed by atoms with van der Waals surface area (Å²) in [5, 5.41) is 6.85. The van der Waals surface area contributed by atoms with Gasteiger partial charge in [-0.3, -0.25) is 9.69 Å². The molecule has 25 heavy (non-hydrogen) atoms. The Morgan fingerprint density at radius 1 is 1.28 bits per heavy atom. The molecule has 1 aromatic carbocycles. The summed E-state index contributed by atoms with van der Waals surface area (Å²) in [4.78, 5) is 14.9. The summed E-state index contributed by atoms with van der Waals surface area (Å²) >= 11 is 6.00. The molecule has 1 aliphatic heterocycles. The lowest BCUT2D eigenvalue weighted by atomic mass is 10.0. The van der Waals surface area contributed by atoms with Gasteiger partial charge in [0.15, 0.2) is 0 Å². The van der Waals surface area contributed by atoms with E-state index in [0.717, 1.165) is 24.4 Å². The summed E-state index contributed by atoms with van der Waals surface area (Å²) in [6.45, 7) is 6.11. The van der Waals surface area contributed by atoms with Crippen LogP contribution in [0.25, 0.3) is 0 Å². The molecule has 0 bridgehead atoms. The van der Waals surface area contributed by atoms with Crippen molar-refractivity contribution in [3.63, 3.8) is 0 Å². The highest BCUT2D eigenvalue weighted by Crippen LogP contribution is 2.33. The van der Waals surface area contributed by atoms with E-state index in [0.29, 0.717) is 23.7 Å². The van der Waals surface area contributed by atoms with E-state index in [1.54, 1.807) is 11.3 Å². The Balaban J connectivity index is 1.87. The molecule has 0 spiro atoms. The van der Waals surface area contributed by atoms with Crippen molar-refractivity contribution in [2.45, 2.75) is 26.3 Å². The average molecular weight is 360 g/mol. The molecule has 132 valence electrons.